The number of hydrogen-bond donors (Lipinski definition) is 1. The normalized spacial score (nSPS) is 10.4. The number of para-hydroxylation sites is 1. The third-order valence-corrected chi connectivity index (χ3v) is 4.57. The Balaban J connectivity index is 0.00000196. The Kier molecular flexibility index (Phi) is 5.40. The lowest BCUT2D eigenvalue weighted by atomic mass is 10.1. The summed E-state index contributed by atoms with van der Waals surface area (Å²) in [6.45, 7) is 1.99. The average Bonchev–Trinajstić information content (AvgIpc) is 2.66. The van der Waals surface area contributed by atoms with Crippen molar-refractivity contribution in [2.24, 2.45) is 0 Å². The van der Waals surface area contributed by atoms with Crippen LogP contribution >= 0.6 is 11.6 Å². The van der Waals surface area contributed by atoms with Crippen LogP contribution in [0.3, 0.4) is 0 Å². The fourth-order valence-corrected chi connectivity index (χ4v) is 2.93. The first-order valence-electron chi connectivity index (χ1n) is 8.07. The van der Waals surface area contributed by atoms with Crippen molar-refractivity contribution in [2.75, 3.05) is 5.32 Å². The van der Waals surface area contributed by atoms with Crippen molar-refractivity contribution in [3.63, 3.8) is 0 Å². The van der Waals surface area contributed by atoms with Crippen molar-refractivity contribution in [3.05, 3.63) is 83.4 Å². The van der Waals surface area contributed by atoms with Crippen molar-refractivity contribution in [3.8, 4) is 11.4 Å². The van der Waals surface area contributed by atoms with Crippen LogP contribution in [-0.4, -0.2) is 9.97 Å². The second-order valence-electron chi connectivity index (χ2n) is 5.82. The van der Waals surface area contributed by atoms with Gasteiger partial charge in [-0.3, -0.25) is 0 Å². The Morgan fingerprint density at radius 1 is 0.808 bits per heavy atom. The molecule has 130 valence electrons. The molecule has 0 radical (unpaired) electrons. The Bertz CT molecular complexity index is 1050. The lowest BCUT2D eigenvalue weighted by molar-refractivity contribution is -0.00000496. The third kappa shape index (κ3) is 3.50. The number of benzene rings is 3. The van der Waals surface area contributed by atoms with E-state index in [1.54, 1.807) is 0 Å². The highest BCUT2D eigenvalue weighted by molar-refractivity contribution is 6.31. The first-order chi connectivity index (χ1) is 12.2. The van der Waals surface area contributed by atoms with E-state index in [9.17, 15) is 0 Å². The molecule has 5 heteroatoms. The van der Waals surface area contributed by atoms with Gasteiger partial charge in [0.2, 0.25) is 0 Å². The maximum absolute atomic E-state index is 6.25. The molecular formula is C21H16Cl2N3-. The molecule has 4 rings (SSSR count). The molecule has 0 unspecified atom stereocenters. The molecule has 0 saturated heterocycles. The molecule has 26 heavy (non-hydrogen) atoms. The average molecular weight is 381 g/mol. The van der Waals surface area contributed by atoms with E-state index >= 15 is 0 Å². The van der Waals surface area contributed by atoms with E-state index in [0.29, 0.717) is 5.82 Å². The Morgan fingerprint density at radius 3 is 2.35 bits per heavy atom. The smallest absolute Gasteiger partial charge is 0.162 e. The summed E-state index contributed by atoms with van der Waals surface area (Å²) in [5, 5.41) is 5.13. The largest absolute Gasteiger partial charge is 1.00 e. The number of hydrogen-bond acceptors (Lipinski definition) is 3. The molecule has 1 aromatic heterocycles. The van der Waals surface area contributed by atoms with E-state index in [1.807, 2.05) is 79.7 Å². The zero-order valence-electron chi connectivity index (χ0n) is 14.1. The van der Waals surface area contributed by atoms with E-state index in [2.05, 4.69) is 5.32 Å². The molecule has 0 aliphatic carbocycles. The molecule has 0 aliphatic rings. The van der Waals surface area contributed by atoms with Crippen molar-refractivity contribution in [2.45, 2.75) is 6.92 Å². The summed E-state index contributed by atoms with van der Waals surface area (Å²) >= 11 is 6.25. The molecule has 0 amide bonds. The minimum Gasteiger partial charge on any atom is -1.00 e. The van der Waals surface area contributed by atoms with Crippen molar-refractivity contribution >= 4 is 34.0 Å². The summed E-state index contributed by atoms with van der Waals surface area (Å²) in [5.41, 5.74) is 3.82. The SMILES string of the molecule is Cc1c(Cl)cccc1Nc1nc(-c2ccccc2)nc2ccccc12.[Cl-]. The minimum atomic E-state index is 0. The summed E-state index contributed by atoms with van der Waals surface area (Å²) in [5.74, 6) is 1.47. The van der Waals surface area contributed by atoms with Crippen LogP contribution in [0.5, 0.6) is 0 Å². The summed E-state index contributed by atoms with van der Waals surface area (Å²) in [6.07, 6.45) is 0. The van der Waals surface area contributed by atoms with Crippen molar-refractivity contribution < 1.29 is 12.4 Å². The molecule has 4 aromatic rings. The van der Waals surface area contributed by atoms with Crippen LogP contribution in [0.2, 0.25) is 5.02 Å². The van der Waals surface area contributed by atoms with Crippen molar-refractivity contribution in [1.82, 2.24) is 9.97 Å². The Labute approximate surface area is 163 Å². The first-order valence-corrected chi connectivity index (χ1v) is 8.44. The molecule has 0 saturated carbocycles. The number of aromatic nitrogens is 2. The predicted molar refractivity (Wildman–Crippen MR) is 104 cm³/mol. The van der Waals surface area contributed by atoms with Gasteiger partial charge in [-0.15, -0.1) is 0 Å². The van der Waals surface area contributed by atoms with Crippen LogP contribution in [-0.2, 0) is 0 Å². The topological polar surface area (TPSA) is 37.8 Å². The number of rotatable bonds is 3. The maximum Gasteiger partial charge on any atom is 0.162 e. The van der Waals surface area contributed by atoms with Crippen LogP contribution in [0.15, 0.2) is 72.8 Å². The first kappa shape index (κ1) is 18.2. The molecule has 0 fully saturated rings. The molecule has 0 aliphatic heterocycles. The Hall–Kier alpha value is -2.62. The van der Waals surface area contributed by atoms with E-state index in [-0.39, 0.29) is 12.4 Å². The zero-order chi connectivity index (χ0) is 17.2. The van der Waals surface area contributed by atoms with Gasteiger partial charge >= 0.3 is 0 Å². The standard InChI is InChI=1S/C21H16ClN3.ClH/c1-14-17(22)11-7-13-18(14)23-21-16-10-5-6-12-19(16)24-20(25-21)15-8-3-2-4-9-15;/h2-13H,1H3,(H,23,24,25);1H/p-1. The molecule has 3 aromatic carbocycles. The van der Waals surface area contributed by atoms with Crippen LogP contribution < -0.4 is 17.7 Å². The van der Waals surface area contributed by atoms with Crippen LogP contribution in [0.4, 0.5) is 11.5 Å². The summed E-state index contributed by atoms with van der Waals surface area (Å²) in [6, 6.07) is 23.8. The fraction of sp³-hybridized carbons (Fsp3) is 0.0476. The lowest BCUT2D eigenvalue weighted by Crippen LogP contribution is -3.00. The van der Waals surface area contributed by atoms with Crippen LogP contribution in [0.1, 0.15) is 5.56 Å². The molecule has 0 bridgehead atoms. The second-order valence-corrected chi connectivity index (χ2v) is 6.22. The van der Waals surface area contributed by atoms with Gasteiger partial charge in [-0.25, -0.2) is 9.97 Å². The van der Waals surface area contributed by atoms with Gasteiger partial charge in [-0.1, -0.05) is 60.1 Å². The van der Waals surface area contributed by atoms with E-state index < -0.39 is 0 Å². The molecule has 3 nitrogen and oxygen atoms in total. The van der Waals surface area contributed by atoms with E-state index in [4.69, 9.17) is 21.6 Å². The summed E-state index contributed by atoms with van der Waals surface area (Å²) < 4.78 is 0. The highest BCUT2D eigenvalue weighted by Crippen LogP contribution is 2.30. The van der Waals surface area contributed by atoms with Gasteiger partial charge in [-0.2, -0.15) is 0 Å². The number of anilines is 2. The van der Waals surface area contributed by atoms with Crippen molar-refractivity contribution in [1.29, 1.82) is 0 Å². The molecule has 1 N–H and O–H groups in total. The van der Waals surface area contributed by atoms with Gasteiger partial charge < -0.3 is 17.7 Å². The number of nitrogens with one attached hydrogen (secondary N) is 1. The molecule has 0 atom stereocenters. The third-order valence-electron chi connectivity index (χ3n) is 4.16. The maximum atomic E-state index is 6.25. The lowest BCUT2D eigenvalue weighted by Gasteiger charge is -2.13. The zero-order valence-corrected chi connectivity index (χ0v) is 15.6. The highest BCUT2D eigenvalue weighted by atomic mass is 35.5. The van der Waals surface area contributed by atoms with Gasteiger partial charge in [0.15, 0.2) is 5.82 Å². The van der Waals surface area contributed by atoms with E-state index in [0.717, 1.165) is 38.6 Å². The number of halogens is 2. The van der Waals surface area contributed by atoms with Gasteiger partial charge in [0, 0.05) is 21.7 Å². The van der Waals surface area contributed by atoms with Crippen LogP contribution in [0.25, 0.3) is 22.3 Å². The van der Waals surface area contributed by atoms with E-state index in [1.165, 1.54) is 0 Å². The number of nitrogens with zero attached hydrogens (tertiary/aromatic N) is 2. The molecule has 0 spiro atoms. The minimum absolute atomic E-state index is 0. The van der Waals surface area contributed by atoms with Crippen LogP contribution in [0, 0.1) is 6.92 Å². The van der Waals surface area contributed by atoms with Gasteiger partial charge in [0.05, 0.1) is 5.52 Å². The predicted octanol–water partition coefficient (Wildman–Crippen LogP) is 3.01. The fourth-order valence-electron chi connectivity index (χ4n) is 2.76. The molecule has 1 heterocycles. The Morgan fingerprint density at radius 2 is 1.54 bits per heavy atom. The van der Waals surface area contributed by atoms with Gasteiger partial charge in [0.25, 0.3) is 0 Å². The monoisotopic (exact) mass is 380 g/mol. The summed E-state index contributed by atoms with van der Waals surface area (Å²) in [7, 11) is 0. The van der Waals surface area contributed by atoms with Gasteiger partial charge in [0.1, 0.15) is 5.82 Å². The molecular weight excluding hydrogens is 365 g/mol. The van der Waals surface area contributed by atoms with Gasteiger partial charge in [-0.05, 0) is 36.8 Å². The second kappa shape index (κ2) is 7.73. The quantitative estimate of drug-likeness (QED) is 0.593. The highest BCUT2D eigenvalue weighted by Gasteiger charge is 2.11. The summed E-state index contributed by atoms with van der Waals surface area (Å²) in [4.78, 5) is 9.48. The number of fused-ring (bicyclic) bond motifs is 1.